The van der Waals surface area contributed by atoms with Crippen molar-refractivity contribution in [2.24, 2.45) is 11.1 Å². The van der Waals surface area contributed by atoms with Gasteiger partial charge in [-0.15, -0.1) is 10.2 Å². The van der Waals surface area contributed by atoms with Gasteiger partial charge in [0.1, 0.15) is 5.82 Å². The van der Waals surface area contributed by atoms with E-state index in [1.54, 1.807) is 23.1 Å². The second-order valence-electron chi connectivity index (χ2n) is 10.2. The van der Waals surface area contributed by atoms with Gasteiger partial charge in [0.15, 0.2) is 10.1 Å². The smallest absolute Gasteiger partial charge is 0.234 e. The zero-order chi connectivity index (χ0) is 28.6. The number of ketones is 1. The molecule has 2 heterocycles. The van der Waals surface area contributed by atoms with E-state index in [4.69, 9.17) is 28.9 Å². The van der Waals surface area contributed by atoms with Crippen LogP contribution in [0.2, 0.25) is 10.0 Å². The van der Waals surface area contributed by atoms with E-state index in [0.29, 0.717) is 54.9 Å². The fraction of sp³-hybridized carbons (Fsp3) is 0.250. The van der Waals surface area contributed by atoms with Crippen LogP contribution in [-0.4, -0.2) is 27.6 Å². The Balaban J connectivity index is 1.50. The standard InChI is InChI=1S/C28H24Cl2N6O2S2/c1-28(2)11-20-24(21(37)12-28)23(17-9-8-15(29)10-19(17)30)18(13-31)25(32)36(20)26-34-35-27(40-26)39-14-22(38)33-16-6-4-3-5-7-16/h3-10,23H,11-12,14,32H2,1-2H3,(H,33,38). The molecule has 0 bridgehead atoms. The fourth-order valence-electron chi connectivity index (χ4n) is 4.97. The molecule has 1 unspecified atom stereocenters. The Kier molecular flexibility index (Phi) is 7.93. The highest BCUT2D eigenvalue weighted by Crippen LogP contribution is 2.51. The number of aromatic nitrogens is 2. The zero-order valence-corrected chi connectivity index (χ0v) is 24.7. The summed E-state index contributed by atoms with van der Waals surface area (Å²) in [5, 5.41) is 22.9. The Labute approximate surface area is 249 Å². The minimum absolute atomic E-state index is 0.0794. The number of hydrogen-bond donors (Lipinski definition) is 2. The topological polar surface area (TPSA) is 125 Å². The number of anilines is 2. The number of para-hydroxylation sites is 1. The first kappa shape index (κ1) is 28.2. The van der Waals surface area contributed by atoms with Crippen molar-refractivity contribution in [3.63, 3.8) is 0 Å². The summed E-state index contributed by atoms with van der Waals surface area (Å²) in [6.45, 7) is 4.03. The number of nitrogens with one attached hydrogen (secondary N) is 1. The van der Waals surface area contributed by atoms with Crippen molar-refractivity contribution >= 4 is 68.8 Å². The molecule has 1 amide bonds. The molecular formula is C28H24Cl2N6O2S2. The van der Waals surface area contributed by atoms with Gasteiger partial charge in [0, 0.05) is 33.4 Å². The van der Waals surface area contributed by atoms with Gasteiger partial charge in [0.25, 0.3) is 0 Å². The van der Waals surface area contributed by atoms with Crippen LogP contribution in [0.15, 0.2) is 75.5 Å². The molecular weight excluding hydrogens is 587 g/mol. The highest BCUT2D eigenvalue weighted by Gasteiger charge is 2.46. The Morgan fingerprint density at radius 2 is 1.98 bits per heavy atom. The van der Waals surface area contributed by atoms with Crippen molar-refractivity contribution in [3.05, 3.63) is 86.8 Å². The zero-order valence-electron chi connectivity index (χ0n) is 21.6. The quantitative estimate of drug-likeness (QED) is 0.302. The largest absolute Gasteiger partial charge is 0.384 e. The van der Waals surface area contributed by atoms with Crippen LogP contribution in [0.4, 0.5) is 10.8 Å². The van der Waals surface area contributed by atoms with E-state index < -0.39 is 5.92 Å². The van der Waals surface area contributed by atoms with Crippen LogP contribution in [0.3, 0.4) is 0 Å². The highest BCUT2D eigenvalue weighted by molar-refractivity contribution is 8.01. The molecule has 204 valence electrons. The molecule has 1 aliphatic heterocycles. The SMILES string of the molecule is CC1(C)CC(=O)C2=C(C1)N(c1nnc(SCC(=O)Nc3ccccc3)s1)C(N)=C(C#N)C2c1ccc(Cl)cc1Cl. The van der Waals surface area contributed by atoms with Gasteiger partial charge in [-0.25, -0.2) is 0 Å². The monoisotopic (exact) mass is 610 g/mol. The lowest BCUT2D eigenvalue weighted by atomic mass is 9.68. The average molecular weight is 612 g/mol. The molecule has 2 aliphatic rings. The number of Topliss-reactive ketones (excluding diaryl/α,β-unsaturated/α-hetero) is 1. The molecule has 40 heavy (non-hydrogen) atoms. The van der Waals surface area contributed by atoms with Crippen molar-refractivity contribution in [1.82, 2.24) is 10.2 Å². The number of allylic oxidation sites excluding steroid dienone is 3. The summed E-state index contributed by atoms with van der Waals surface area (Å²) >= 11 is 15.2. The van der Waals surface area contributed by atoms with Crippen LogP contribution in [-0.2, 0) is 9.59 Å². The maximum absolute atomic E-state index is 13.7. The number of halogens is 2. The van der Waals surface area contributed by atoms with E-state index in [9.17, 15) is 14.9 Å². The number of amides is 1. The lowest BCUT2D eigenvalue weighted by Crippen LogP contribution is -2.42. The van der Waals surface area contributed by atoms with E-state index in [0.717, 1.165) is 0 Å². The summed E-state index contributed by atoms with van der Waals surface area (Å²) in [5.74, 6) is -0.687. The van der Waals surface area contributed by atoms with Crippen molar-refractivity contribution in [1.29, 1.82) is 5.26 Å². The molecule has 3 aromatic rings. The Hall–Kier alpha value is -3.36. The van der Waals surface area contributed by atoms with E-state index in [1.807, 2.05) is 44.2 Å². The second-order valence-corrected chi connectivity index (χ2v) is 13.2. The molecule has 8 nitrogen and oxygen atoms in total. The molecule has 0 saturated carbocycles. The summed E-state index contributed by atoms with van der Waals surface area (Å²) in [7, 11) is 0. The van der Waals surface area contributed by atoms with E-state index >= 15 is 0 Å². The van der Waals surface area contributed by atoms with E-state index in [1.165, 1.54) is 23.1 Å². The lowest BCUT2D eigenvalue weighted by Gasteiger charge is -2.42. The number of thioether (sulfide) groups is 1. The predicted molar refractivity (Wildman–Crippen MR) is 159 cm³/mol. The van der Waals surface area contributed by atoms with Crippen molar-refractivity contribution in [2.45, 2.75) is 36.9 Å². The van der Waals surface area contributed by atoms with Crippen LogP contribution in [0.5, 0.6) is 0 Å². The molecule has 2 aromatic carbocycles. The third-order valence-electron chi connectivity index (χ3n) is 6.63. The van der Waals surface area contributed by atoms with Gasteiger partial charge in [0.05, 0.1) is 23.3 Å². The molecule has 1 atom stereocenters. The molecule has 0 radical (unpaired) electrons. The molecule has 5 rings (SSSR count). The first-order valence-electron chi connectivity index (χ1n) is 12.3. The predicted octanol–water partition coefficient (Wildman–Crippen LogP) is 6.52. The molecule has 12 heteroatoms. The van der Waals surface area contributed by atoms with E-state index in [2.05, 4.69) is 21.6 Å². The van der Waals surface area contributed by atoms with Crippen molar-refractivity contribution in [3.8, 4) is 6.07 Å². The first-order chi connectivity index (χ1) is 19.1. The van der Waals surface area contributed by atoms with Crippen LogP contribution in [0.1, 0.15) is 38.2 Å². The number of nitriles is 1. The number of benzene rings is 2. The Bertz CT molecular complexity index is 1610. The first-order valence-corrected chi connectivity index (χ1v) is 14.9. The van der Waals surface area contributed by atoms with Gasteiger partial charge in [-0.3, -0.25) is 14.5 Å². The summed E-state index contributed by atoms with van der Waals surface area (Å²) in [6, 6.07) is 16.4. The van der Waals surface area contributed by atoms with Gasteiger partial charge in [-0.05, 0) is 41.7 Å². The highest BCUT2D eigenvalue weighted by atomic mass is 35.5. The maximum Gasteiger partial charge on any atom is 0.234 e. The van der Waals surface area contributed by atoms with Gasteiger partial charge in [-0.1, -0.05) is 84.4 Å². The summed E-state index contributed by atoms with van der Waals surface area (Å²) in [4.78, 5) is 27.8. The van der Waals surface area contributed by atoms with Crippen molar-refractivity contribution in [2.75, 3.05) is 16.0 Å². The number of nitrogens with two attached hydrogens (primary N) is 1. The average Bonchev–Trinajstić information content (AvgIpc) is 3.35. The molecule has 1 aliphatic carbocycles. The summed E-state index contributed by atoms with van der Waals surface area (Å²) in [6.07, 6.45) is 0.838. The van der Waals surface area contributed by atoms with Gasteiger partial charge in [-0.2, -0.15) is 5.26 Å². The molecule has 0 spiro atoms. The Morgan fingerprint density at radius 1 is 1.23 bits per heavy atom. The lowest BCUT2D eigenvalue weighted by molar-refractivity contribution is -0.118. The van der Waals surface area contributed by atoms with Crippen molar-refractivity contribution < 1.29 is 9.59 Å². The van der Waals surface area contributed by atoms with Crippen LogP contribution < -0.4 is 16.0 Å². The molecule has 1 aromatic heterocycles. The second kappa shape index (κ2) is 11.3. The summed E-state index contributed by atoms with van der Waals surface area (Å²) in [5.41, 5.74) is 8.96. The normalized spacial score (nSPS) is 18.4. The van der Waals surface area contributed by atoms with Gasteiger partial charge in [0.2, 0.25) is 11.0 Å². The number of hydrogen-bond acceptors (Lipinski definition) is 9. The summed E-state index contributed by atoms with van der Waals surface area (Å²) < 4.78 is 0.552. The van der Waals surface area contributed by atoms with E-state index in [-0.39, 0.29) is 34.3 Å². The minimum atomic E-state index is -0.729. The maximum atomic E-state index is 13.7. The third-order valence-corrected chi connectivity index (χ3v) is 9.23. The Morgan fingerprint density at radius 3 is 2.67 bits per heavy atom. The van der Waals surface area contributed by atoms with Crippen LogP contribution in [0.25, 0.3) is 0 Å². The molecule has 0 fully saturated rings. The van der Waals surface area contributed by atoms with Gasteiger partial charge < -0.3 is 11.1 Å². The molecule has 3 N–H and O–H groups in total. The number of carbonyl (C=O) groups is 2. The fourth-order valence-corrected chi connectivity index (χ4v) is 7.17. The van der Waals surface area contributed by atoms with Crippen LogP contribution >= 0.6 is 46.3 Å². The minimum Gasteiger partial charge on any atom is -0.384 e. The number of rotatable bonds is 6. The third kappa shape index (κ3) is 5.60. The number of carbonyl (C=O) groups excluding carboxylic acids is 2. The van der Waals surface area contributed by atoms with Crippen LogP contribution in [0, 0.1) is 16.7 Å². The molecule has 0 saturated heterocycles. The van der Waals surface area contributed by atoms with Gasteiger partial charge >= 0.3 is 0 Å². The number of nitrogens with zero attached hydrogens (tertiary/aromatic N) is 4.